The normalized spacial score (nSPS) is 10.2. The molecule has 0 unspecified atom stereocenters. The topological polar surface area (TPSA) is 175 Å². The first-order chi connectivity index (χ1) is 18.2. The van der Waals surface area contributed by atoms with Crippen LogP contribution in [0.4, 0.5) is 4.79 Å². The van der Waals surface area contributed by atoms with E-state index >= 15 is 0 Å². The zero-order valence-corrected chi connectivity index (χ0v) is 23.5. The highest BCUT2D eigenvalue weighted by Gasteiger charge is 2.14. The fourth-order valence-electron chi connectivity index (χ4n) is 2.80. The average Bonchev–Trinajstić information content (AvgIpc) is 2.90. The summed E-state index contributed by atoms with van der Waals surface area (Å²) in [6.45, 7) is 2.34. The molecule has 0 aliphatic heterocycles. The lowest BCUT2D eigenvalue weighted by Gasteiger charge is -2.12. The Balaban J connectivity index is 2.80. The minimum Gasteiger partial charge on any atom is -0.358 e. The van der Waals surface area contributed by atoms with Crippen LogP contribution in [0.15, 0.2) is 18.2 Å². The number of carbonyl (C=O) groups is 6. The quantitative estimate of drug-likeness (QED) is 0.141. The predicted octanol–water partition coefficient (Wildman–Crippen LogP) is -0.117. The summed E-state index contributed by atoms with van der Waals surface area (Å²) in [6, 6.07) is 4.15. The van der Waals surface area contributed by atoms with E-state index in [9.17, 15) is 28.8 Å². The maximum Gasteiger partial charge on any atom is 0.315 e. The van der Waals surface area contributed by atoms with E-state index < -0.39 is 17.8 Å². The Kier molecular flexibility index (Phi) is 16.3. The Bertz CT molecular complexity index is 935. The standard InChI is InChI=1S/C24H36N6O6S2/c1-16(31)4-5-29-24(36)30-13-17-10-18(22(34)27-6-8-37-14-20(32)25-2)12-19(11-17)23(35)28-7-9-38-15-21(33)26-3/h10-12H,4-9,13-15H2,1-3H3,(H,25,32)(H,26,33)(H,27,34)(H,28,35)(H2,29,30,36). The molecule has 1 rings (SSSR count). The van der Waals surface area contributed by atoms with E-state index in [2.05, 4.69) is 31.9 Å². The molecule has 0 saturated carbocycles. The van der Waals surface area contributed by atoms with Gasteiger partial charge in [-0.15, -0.1) is 0 Å². The van der Waals surface area contributed by atoms with Crippen molar-refractivity contribution in [2.75, 3.05) is 56.7 Å². The van der Waals surface area contributed by atoms with Crippen LogP contribution in [0, 0.1) is 0 Å². The van der Waals surface area contributed by atoms with Gasteiger partial charge in [0.1, 0.15) is 5.78 Å². The maximum absolute atomic E-state index is 12.8. The number of amides is 6. The summed E-state index contributed by atoms with van der Waals surface area (Å²) >= 11 is 2.75. The fourth-order valence-corrected chi connectivity index (χ4v) is 4.25. The minimum absolute atomic E-state index is 0.0428. The number of hydrogen-bond acceptors (Lipinski definition) is 8. The number of Topliss-reactive ketones (excluding diaryl/α,β-unsaturated/α-hetero) is 1. The van der Waals surface area contributed by atoms with Gasteiger partial charge in [-0.3, -0.25) is 24.0 Å². The lowest BCUT2D eigenvalue weighted by Crippen LogP contribution is -2.36. The lowest BCUT2D eigenvalue weighted by atomic mass is 10.0. The van der Waals surface area contributed by atoms with Crippen molar-refractivity contribution in [2.24, 2.45) is 0 Å². The molecule has 0 aromatic heterocycles. The van der Waals surface area contributed by atoms with Gasteiger partial charge in [-0.25, -0.2) is 4.79 Å². The Labute approximate surface area is 231 Å². The van der Waals surface area contributed by atoms with Crippen molar-refractivity contribution < 1.29 is 28.8 Å². The summed E-state index contributed by atoms with van der Waals surface area (Å²) in [4.78, 5) is 71.2. The molecule has 0 radical (unpaired) electrons. The van der Waals surface area contributed by atoms with Crippen LogP contribution in [0.25, 0.3) is 0 Å². The molecule has 0 atom stereocenters. The monoisotopic (exact) mass is 568 g/mol. The SMILES string of the molecule is CNC(=O)CSCCNC(=O)c1cc(CNC(=O)NCCC(C)=O)cc(C(=O)NCCSCC(=O)NC)c1. The molecule has 0 bridgehead atoms. The van der Waals surface area contributed by atoms with Crippen molar-refractivity contribution in [3.8, 4) is 0 Å². The van der Waals surface area contributed by atoms with Gasteiger partial charge in [-0.05, 0) is 30.7 Å². The highest BCUT2D eigenvalue weighted by atomic mass is 32.2. The first-order valence-corrected chi connectivity index (χ1v) is 14.2. The van der Waals surface area contributed by atoms with Gasteiger partial charge in [0.2, 0.25) is 11.8 Å². The number of urea groups is 1. The fraction of sp³-hybridized carbons (Fsp3) is 0.500. The second kappa shape index (κ2) is 18.9. The minimum atomic E-state index is -0.478. The highest BCUT2D eigenvalue weighted by molar-refractivity contribution is 8.00. The van der Waals surface area contributed by atoms with Crippen molar-refractivity contribution in [1.82, 2.24) is 31.9 Å². The molecule has 0 fully saturated rings. The van der Waals surface area contributed by atoms with Crippen LogP contribution in [0.3, 0.4) is 0 Å². The van der Waals surface area contributed by atoms with Crippen LogP contribution in [-0.2, 0) is 20.9 Å². The summed E-state index contributed by atoms with van der Waals surface area (Å²) in [5, 5.41) is 15.8. The van der Waals surface area contributed by atoms with E-state index in [-0.39, 0.29) is 59.7 Å². The Hall–Kier alpha value is -3.26. The Morgan fingerprint density at radius 2 is 1.18 bits per heavy atom. The van der Waals surface area contributed by atoms with Crippen molar-refractivity contribution in [3.05, 3.63) is 34.9 Å². The van der Waals surface area contributed by atoms with Crippen molar-refractivity contribution >= 4 is 59.0 Å². The van der Waals surface area contributed by atoms with Gasteiger partial charge in [0.05, 0.1) is 11.5 Å². The van der Waals surface area contributed by atoms with Gasteiger partial charge < -0.3 is 31.9 Å². The third kappa shape index (κ3) is 14.5. The molecule has 1 aromatic rings. The number of hydrogen-bond donors (Lipinski definition) is 6. The molecule has 0 heterocycles. The molecule has 14 heteroatoms. The van der Waals surface area contributed by atoms with Gasteiger partial charge in [0, 0.05) is 69.3 Å². The first-order valence-electron chi connectivity index (χ1n) is 11.9. The van der Waals surface area contributed by atoms with Crippen LogP contribution in [0.2, 0.25) is 0 Å². The number of carbonyl (C=O) groups excluding carboxylic acids is 6. The highest BCUT2D eigenvalue weighted by Crippen LogP contribution is 2.12. The van der Waals surface area contributed by atoms with Gasteiger partial charge in [0.25, 0.3) is 11.8 Å². The molecular weight excluding hydrogens is 532 g/mol. The zero-order valence-electron chi connectivity index (χ0n) is 21.9. The molecule has 12 nitrogen and oxygen atoms in total. The van der Waals surface area contributed by atoms with E-state index in [1.807, 2.05) is 0 Å². The number of benzene rings is 1. The summed E-state index contributed by atoms with van der Waals surface area (Å²) in [5.41, 5.74) is 1.03. The average molecular weight is 569 g/mol. The van der Waals surface area contributed by atoms with Crippen LogP contribution in [-0.4, -0.2) is 92.2 Å². The van der Waals surface area contributed by atoms with E-state index in [1.165, 1.54) is 36.5 Å². The smallest absolute Gasteiger partial charge is 0.315 e. The predicted molar refractivity (Wildman–Crippen MR) is 149 cm³/mol. The lowest BCUT2D eigenvalue weighted by molar-refractivity contribution is -0.118. The molecule has 6 amide bonds. The summed E-state index contributed by atoms with van der Waals surface area (Å²) < 4.78 is 0. The molecule has 0 saturated heterocycles. The van der Waals surface area contributed by atoms with E-state index in [1.54, 1.807) is 26.2 Å². The van der Waals surface area contributed by atoms with Gasteiger partial charge in [-0.2, -0.15) is 23.5 Å². The van der Waals surface area contributed by atoms with E-state index in [4.69, 9.17) is 0 Å². The van der Waals surface area contributed by atoms with Crippen molar-refractivity contribution in [2.45, 2.75) is 19.9 Å². The van der Waals surface area contributed by atoms with Crippen LogP contribution in [0.5, 0.6) is 0 Å². The first kappa shape index (κ1) is 32.8. The number of rotatable bonds is 17. The third-order valence-electron chi connectivity index (χ3n) is 4.82. The summed E-state index contributed by atoms with van der Waals surface area (Å²) in [5.74, 6) is 0.593. The molecule has 0 aliphatic carbocycles. The Morgan fingerprint density at radius 1 is 0.684 bits per heavy atom. The number of nitrogens with one attached hydrogen (secondary N) is 6. The molecule has 0 aliphatic rings. The molecule has 1 aromatic carbocycles. The van der Waals surface area contributed by atoms with E-state index in [0.29, 0.717) is 30.2 Å². The summed E-state index contributed by atoms with van der Waals surface area (Å²) in [7, 11) is 3.11. The number of ketones is 1. The van der Waals surface area contributed by atoms with Crippen molar-refractivity contribution in [3.63, 3.8) is 0 Å². The molecule has 38 heavy (non-hydrogen) atoms. The maximum atomic E-state index is 12.8. The second-order valence-electron chi connectivity index (χ2n) is 7.94. The third-order valence-corrected chi connectivity index (χ3v) is 6.74. The van der Waals surface area contributed by atoms with Gasteiger partial charge in [-0.1, -0.05) is 0 Å². The molecule has 0 spiro atoms. The van der Waals surface area contributed by atoms with E-state index in [0.717, 1.165) is 0 Å². The Morgan fingerprint density at radius 3 is 1.63 bits per heavy atom. The summed E-state index contributed by atoms with van der Waals surface area (Å²) in [6.07, 6.45) is 0.218. The zero-order chi connectivity index (χ0) is 28.3. The number of thioether (sulfide) groups is 2. The molecule has 210 valence electrons. The van der Waals surface area contributed by atoms with Crippen LogP contribution < -0.4 is 31.9 Å². The van der Waals surface area contributed by atoms with Crippen LogP contribution >= 0.6 is 23.5 Å². The van der Waals surface area contributed by atoms with Gasteiger partial charge in [0.15, 0.2) is 0 Å². The largest absolute Gasteiger partial charge is 0.358 e. The van der Waals surface area contributed by atoms with Crippen LogP contribution in [0.1, 0.15) is 39.6 Å². The molecule has 6 N–H and O–H groups in total. The van der Waals surface area contributed by atoms with Crippen molar-refractivity contribution in [1.29, 1.82) is 0 Å². The second-order valence-corrected chi connectivity index (χ2v) is 10.2. The molecular formula is C24H36N6O6S2. The van der Waals surface area contributed by atoms with Gasteiger partial charge >= 0.3 is 6.03 Å².